The number of aliphatic hydroxyl groups excluding tert-OH is 1. The lowest BCUT2D eigenvalue weighted by Gasteiger charge is -2.45. The molecule has 0 bridgehead atoms. The van der Waals surface area contributed by atoms with E-state index < -0.39 is 36.7 Å². The van der Waals surface area contributed by atoms with Crippen LogP contribution in [0.3, 0.4) is 0 Å². The van der Waals surface area contributed by atoms with Gasteiger partial charge in [0.05, 0.1) is 26.4 Å². The Bertz CT molecular complexity index is 1210. The Kier molecular flexibility index (Phi) is 12.3. The molecule has 0 spiro atoms. The first kappa shape index (κ1) is 31.1. The Morgan fingerprint density at radius 3 is 1.81 bits per heavy atom. The lowest BCUT2D eigenvalue weighted by Crippen LogP contribution is -2.66. The fourth-order valence-corrected chi connectivity index (χ4v) is 4.62. The second-order valence-corrected chi connectivity index (χ2v) is 9.83. The molecule has 3 aromatic carbocycles. The van der Waals surface area contributed by atoms with E-state index in [1.54, 1.807) is 0 Å². The van der Waals surface area contributed by atoms with Crippen molar-refractivity contribution in [3.8, 4) is 0 Å². The van der Waals surface area contributed by atoms with Gasteiger partial charge in [-0.25, -0.2) is 4.79 Å². The van der Waals surface area contributed by atoms with Crippen molar-refractivity contribution in [1.29, 1.82) is 0 Å². The molecule has 1 heterocycles. The summed E-state index contributed by atoms with van der Waals surface area (Å²) in [4.78, 5) is 24.4. The zero-order chi connectivity index (χ0) is 29.6. The van der Waals surface area contributed by atoms with Gasteiger partial charge < -0.3 is 39.4 Å². The number of hydrogen-bond donors (Lipinski definition) is 3. The van der Waals surface area contributed by atoms with Crippen LogP contribution in [0.5, 0.6) is 0 Å². The standard InChI is InChI=1S/C32H38N2O8/c1-23(36)34-28-30(40-21-25-13-7-3-8-14-25)29(39-20-24-11-5-2-6-12-24)27(19-35)42-31(28)38-18-17-33-32(37)41-22-26-15-9-4-10-16-26/h2-16,27-31,35H,17-22H2,1H3,(H,33,37)(H,34,36)/t27-,28+,29-,30-,31+/m1/s1. The normalized spacial score (nSPS) is 21.8. The Morgan fingerprint density at radius 1 is 0.762 bits per heavy atom. The van der Waals surface area contributed by atoms with Crippen LogP contribution in [-0.4, -0.2) is 67.5 Å². The molecule has 0 saturated carbocycles. The van der Waals surface area contributed by atoms with Crippen LogP contribution in [0.15, 0.2) is 91.0 Å². The van der Waals surface area contributed by atoms with Gasteiger partial charge in [0, 0.05) is 13.5 Å². The molecular formula is C32H38N2O8. The van der Waals surface area contributed by atoms with E-state index in [1.165, 1.54) is 6.92 Å². The number of carbonyl (C=O) groups is 2. The number of amides is 2. The molecule has 3 N–H and O–H groups in total. The van der Waals surface area contributed by atoms with Gasteiger partial charge in [-0.3, -0.25) is 4.79 Å². The number of carbonyl (C=O) groups excluding carboxylic acids is 2. The average Bonchev–Trinajstić information content (AvgIpc) is 3.02. The van der Waals surface area contributed by atoms with Crippen LogP contribution in [-0.2, 0) is 48.3 Å². The van der Waals surface area contributed by atoms with Gasteiger partial charge in [-0.2, -0.15) is 0 Å². The zero-order valence-electron chi connectivity index (χ0n) is 23.6. The summed E-state index contributed by atoms with van der Waals surface area (Å²) in [5.74, 6) is -0.308. The second-order valence-electron chi connectivity index (χ2n) is 9.83. The van der Waals surface area contributed by atoms with Crippen LogP contribution in [0.1, 0.15) is 23.6 Å². The maximum absolute atomic E-state index is 12.3. The van der Waals surface area contributed by atoms with Crippen LogP contribution < -0.4 is 10.6 Å². The van der Waals surface area contributed by atoms with E-state index in [4.69, 9.17) is 23.7 Å². The van der Waals surface area contributed by atoms with Gasteiger partial charge >= 0.3 is 6.09 Å². The van der Waals surface area contributed by atoms with Crippen molar-refractivity contribution in [1.82, 2.24) is 10.6 Å². The lowest BCUT2D eigenvalue weighted by atomic mass is 9.96. The molecule has 224 valence electrons. The maximum atomic E-state index is 12.3. The molecule has 5 atom stereocenters. The third-order valence-electron chi connectivity index (χ3n) is 6.63. The number of rotatable bonds is 14. The van der Waals surface area contributed by atoms with Gasteiger partial charge in [0.2, 0.25) is 5.91 Å². The topological polar surface area (TPSA) is 125 Å². The van der Waals surface area contributed by atoms with E-state index in [0.29, 0.717) is 0 Å². The van der Waals surface area contributed by atoms with Crippen molar-refractivity contribution < 1.29 is 38.4 Å². The van der Waals surface area contributed by atoms with Crippen LogP contribution >= 0.6 is 0 Å². The molecule has 10 heteroatoms. The van der Waals surface area contributed by atoms with E-state index in [0.717, 1.165) is 16.7 Å². The van der Waals surface area contributed by atoms with Crippen LogP contribution in [0.25, 0.3) is 0 Å². The first-order chi connectivity index (χ1) is 20.5. The minimum atomic E-state index is -0.981. The van der Waals surface area contributed by atoms with Crippen molar-refractivity contribution in [3.63, 3.8) is 0 Å². The highest BCUT2D eigenvalue weighted by Gasteiger charge is 2.48. The van der Waals surface area contributed by atoms with Gasteiger partial charge in [0.25, 0.3) is 0 Å². The maximum Gasteiger partial charge on any atom is 0.407 e. The van der Waals surface area contributed by atoms with Crippen molar-refractivity contribution in [2.45, 2.75) is 57.4 Å². The lowest BCUT2D eigenvalue weighted by molar-refractivity contribution is -0.287. The highest BCUT2D eigenvalue weighted by molar-refractivity contribution is 5.73. The van der Waals surface area contributed by atoms with Gasteiger partial charge in [-0.05, 0) is 16.7 Å². The van der Waals surface area contributed by atoms with Gasteiger partial charge in [-0.15, -0.1) is 0 Å². The molecule has 1 aliphatic rings. The Morgan fingerprint density at radius 2 is 1.29 bits per heavy atom. The summed E-state index contributed by atoms with van der Waals surface area (Å²) in [6.07, 6.45) is -3.81. The van der Waals surface area contributed by atoms with E-state index in [2.05, 4.69) is 10.6 Å². The molecule has 0 radical (unpaired) electrons. The number of nitrogens with one attached hydrogen (secondary N) is 2. The van der Waals surface area contributed by atoms with Crippen molar-refractivity contribution >= 4 is 12.0 Å². The third kappa shape index (κ3) is 9.64. The van der Waals surface area contributed by atoms with Crippen LogP contribution in [0.4, 0.5) is 4.79 Å². The number of alkyl carbamates (subject to hydrolysis) is 1. The molecule has 10 nitrogen and oxygen atoms in total. The molecule has 4 rings (SSSR count). The average molecular weight is 579 g/mol. The minimum absolute atomic E-state index is 0.0558. The summed E-state index contributed by atoms with van der Waals surface area (Å²) < 4.78 is 30.0. The summed E-state index contributed by atoms with van der Waals surface area (Å²) in [7, 11) is 0. The van der Waals surface area contributed by atoms with E-state index in [-0.39, 0.29) is 45.5 Å². The number of benzene rings is 3. The predicted molar refractivity (Wildman–Crippen MR) is 154 cm³/mol. The van der Waals surface area contributed by atoms with Gasteiger partial charge in [0.15, 0.2) is 6.29 Å². The first-order valence-electron chi connectivity index (χ1n) is 13.9. The predicted octanol–water partition coefficient (Wildman–Crippen LogP) is 3.32. The number of ether oxygens (including phenoxy) is 5. The zero-order valence-corrected chi connectivity index (χ0v) is 23.6. The summed E-state index contributed by atoms with van der Waals surface area (Å²) in [6.45, 7) is 1.87. The van der Waals surface area contributed by atoms with E-state index >= 15 is 0 Å². The molecule has 3 aromatic rings. The molecule has 0 aliphatic carbocycles. The molecule has 1 fully saturated rings. The summed E-state index contributed by atoms with van der Waals surface area (Å²) in [5.41, 5.74) is 2.75. The highest BCUT2D eigenvalue weighted by Crippen LogP contribution is 2.28. The van der Waals surface area contributed by atoms with Crippen molar-refractivity contribution in [3.05, 3.63) is 108 Å². The second kappa shape index (κ2) is 16.6. The molecule has 2 amide bonds. The van der Waals surface area contributed by atoms with Gasteiger partial charge in [-0.1, -0.05) is 91.0 Å². The van der Waals surface area contributed by atoms with Crippen molar-refractivity contribution in [2.24, 2.45) is 0 Å². The van der Waals surface area contributed by atoms with E-state index in [1.807, 2.05) is 91.0 Å². The van der Waals surface area contributed by atoms with Crippen molar-refractivity contribution in [2.75, 3.05) is 19.8 Å². The molecule has 42 heavy (non-hydrogen) atoms. The number of aliphatic hydroxyl groups is 1. The van der Waals surface area contributed by atoms with E-state index in [9.17, 15) is 14.7 Å². The Balaban J connectivity index is 1.41. The monoisotopic (exact) mass is 578 g/mol. The third-order valence-corrected chi connectivity index (χ3v) is 6.63. The highest BCUT2D eigenvalue weighted by atomic mass is 16.7. The smallest absolute Gasteiger partial charge is 0.407 e. The summed E-state index contributed by atoms with van der Waals surface area (Å²) in [6, 6.07) is 27.8. The molecular weight excluding hydrogens is 540 g/mol. The SMILES string of the molecule is CC(=O)N[C@@H]1[C@@H](OCCNC(=O)OCc2ccccc2)O[C@H](CO)[C@@H](OCc2ccccc2)[C@@H]1OCc1ccccc1. The fraction of sp³-hybridized carbons (Fsp3) is 0.375. The van der Waals surface area contributed by atoms with Gasteiger partial charge in [0.1, 0.15) is 31.0 Å². The molecule has 0 unspecified atom stereocenters. The fourth-order valence-electron chi connectivity index (χ4n) is 4.62. The largest absolute Gasteiger partial charge is 0.445 e. The van der Waals surface area contributed by atoms with Crippen LogP contribution in [0.2, 0.25) is 0 Å². The summed E-state index contributed by atoms with van der Waals surface area (Å²) in [5, 5.41) is 15.8. The quantitative estimate of drug-likeness (QED) is 0.249. The minimum Gasteiger partial charge on any atom is -0.445 e. The Labute approximate surface area is 245 Å². The Hall–Kier alpha value is -3.80. The number of hydrogen-bond acceptors (Lipinski definition) is 8. The van der Waals surface area contributed by atoms with Crippen LogP contribution in [0, 0.1) is 0 Å². The molecule has 1 aliphatic heterocycles. The molecule has 0 aromatic heterocycles. The first-order valence-corrected chi connectivity index (χ1v) is 13.9. The molecule has 1 saturated heterocycles. The summed E-state index contributed by atoms with van der Waals surface area (Å²) >= 11 is 0.